The summed E-state index contributed by atoms with van der Waals surface area (Å²) >= 11 is 6.19. The SMILES string of the molecule is COC(=O)c1c(NC(=O)CSc2cccc(NC(=O)/C(=C/c3ccc(Br)cc3)NC(=O)c3ccccc3)c2)sc2c1CCC(C(C)(C)C)C2. The highest BCUT2D eigenvalue weighted by molar-refractivity contribution is 9.10. The maximum Gasteiger partial charge on any atom is 0.341 e. The molecule has 0 fully saturated rings. The van der Waals surface area contributed by atoms with Gasteiger partial charge in [0.1, 0.15) is 10.7 Å². The lowest BCUT2D eigenvalue weighted by molar-refractivity contribution is -0.114. The number of hydrogen-bond acceptors (Lipinski definition) is 7. The summed E-state index contributed by atoms with van der Waals surface area (Å²) in [6.07, 6.45) is 4.23. The first-order valence-electron chi connectivity index (χ1n) is 15.8. The van der Waals surface area contributed by atoms with Gasteiger partial charge in [-0.3, -0.25) is 14.4 Å². The van der Waals surface area contributed by atoms with Crippen molar-refractivity contribution in [1.29, 1.82) is 0 Å². The van der Waals surface area contributed by atoms with E-state index in [0.717, 1.165) is 44.6 Å². The van der Waals surface area contributed by atoms with Crippen LogP contribution in [-0.4, -0.2) is 36.6 Å². The number of methoxy groups -OCH3 is 1. The van der Waals surface area contributed by atoms with Crippen LogP contribution in [0.3, 0.4) is 0 Å². The van der Waals surface area contributed by atoms with Gasteiger partial charge in [-0.15, -0.1) is 23.1 Å². The molecule has 0 aliphatic heterocycles. The fraction of sp³-hybridized carbons (Fsp3) is 0.263. The molecule has 8 nitrogen and oxygen atoms in total. The predicted octanol–water partition coefficient (Wildman–Crippen LogP) is 8.59. The number of fused-ring (bicyclic) bond motifs is 1. The number of halogens is 1. The van der Waals surface area contributed by atoms with Gasteiger partial charge < -0.3 is 20.7 Å². The normalized spacial score (nSPS) is 14.4. The van der Waals surface area contributed by atoms with Gasteiger partial charge in [0.2, 0.25) is 5.91 Å². The van der Waals surface area contributed by atoms with Gasteiger partial charge in [0, 0.05) is 25.5 Å². The molecule has 1 aliphatic carbocycles. The molecule has 4 aromatic rings. The Labute approximate surface area is 303 Å². The maximum atomic E-state index is 13.5. The number of rotatable bonds is 10. The van der Waals surface area contributed by atoms with E-state index in [1.165, 1.54) is 30.2 Å². The highest BCUT2D eigenvalue weighted by Crippen LogP contribution is 2.44. The second kappa shape index (κ2) is 16.0. The fourth-order valence-electron chi connectivity index (χ4n) is 5.57. The van der Waals surface area contributed by atoms with E-state index in [4.69, 9.17) is 4.74 Å². The number of nitrogens with one attached hydrogen (secondary N) is 3. The molecular weight excluding hydrogens is 722 g/mol. The highest BCUT2D eigenvalue weighted by Gasteiger charge is 2.34. The summed E-state index contributed by atoms with van der Waals surface area (Å²) in [5.41, 5.74) is 3.31. The lowest BCUT2D eigenvalue weighted by Crippen LogP contribution is -2.30. The zero-order valence-corrected chi connectivity index (χ0v) is 30.9. The molecule has 3 amide bonds. The van der Waals surface area contributed by atoms with E-state index in [1.807, 2.05) is 36.4 Å². The Hall–Kier alpha value is -4.19. The van der Waals surface area contributed by atoms with Crippen LogP contribution in [-0.2, 0) is 27.2 Å². The van der Waals surface area contributed by atoms with Crippen LogP contribution in [0.5, 0.6) is 0 Å². The molecular formula is C38H38BrN3O5S2. The molecule has 3 N–H and O–H groups in total. The second-order valence-corrected chi connectivity index (χ2v) is 15.8. The van der Waals surface area contributed by atoms with Crippen molar-refractivity contribution in [2.75, 3.05) is 23.5 Å². The lowest BCUT2D eigenvalue weighted by Gasteiger charge is -2.33. The summed E-state index contributed by atoms with van der Waals surface area (Å²) in [4.78, 5) is 54.3. The van der Waals surface area contributed by atoms with Gasteiger partial charge in [-0.2, -0.15) is 0 Å². The lowest BCUT2D eigenvalue weighted by atomic mass is 9.72. The van der Waals surface area contributed by atoms with Crippen LogP contribution < -0.4 is 16.0 Å². The van der Waals surface area contributed by atoms with Crippen molar-refractivity contribution in [1.82, 2.24) is 5.32 Å². The highest BCUT2D eigenvalue weighted by atomic mass is 79.9. The van der Waals surface area contributed by atoms with Crippen molar-refractivity contribution < 1.29 is 23.9 Å². The third-order valence-corrected chi connectivity index (χ3v) is 11.0. The van der Waals surface area contributed by atoms with Gasteiger partial charge in [0.15, 0.2) is 0 Å². The standard InChI is InChI=1S/C38H38BrN3O5S2/c1-38(2,3)25-15-18-29-31(20-25)49-36(33(29)37(46)47-4)42-32(43)22-48-28-12-8-11-27(21-28)40-35(45)30(19-23-13-16-26(39)17-14-23)41-34(44)24-9-6-5-7-10-24/h5-14,16-17,19,21,25H,15,18,20,22H2,1-4H3,(H,40,45)(H,41,44)(H,42,43)/b30-19-. The molecule has 11 heteroatoms. The molecule has 1 unspecified atom stereocenters. The van der Waals surface area contributed by atoms with Crippen molar-refractivity contribution in [2.45, 2.75) is 44.9 Å². The molecule has 1 aromatic heterocycles. The van der Waals surface area contributed by atoms with Crippen LogP contribution >= 0.6 is 39.0 Å². The Morgan fingerprint density at radius 3 is 2.41 bits per heavy atom. The van der Waals surface area contributed by atoms with E-state index in [1.54, 1.807) is 48.5 Å². The van der Waals surface area contributed by atoms with Crippen LogP contribution in [0.4, 0.5) is 10.7 Å². The monoisotopic (exact) mass is 759 g/mol. The van der Waals surface area contributed by atoms with E-state index in [9.17, 15) is 19.2 Å². The van der Waals surface area contributed by atoms with Gasteiger partial charge in [-0.25, -0.2) is 4.79 Å². The predicted molar refractivity (Wildman–Crippen MR) is 201 cm³/mol. The zero-order valence-electron chi connectivity index (χ0n) is 27.7. The molecule has 0 saturated heterocycles. The Balaban J connectivity index is 1.26. The Kier molecular flexibility index (Phi) is 11.8. The van der Waals surface area contributed by atoms with Gasteiger partial charge in [-0.1, -0.05) is 73.1 Å². The topological polar surface area (TPSA) is 114 Å². The number of ether oxygens (including phenoxy) is 1. The molecule has 0 radical (unpaired) electrons. The number of hydrogen-bond donors (Lipinski definition) is 3. The molecule has 0 bridgehead atoms. The van der Waals surface area contributed by atoms with Crippen LogP contribution in [0, 0.1) is 11.3 Å². The summed E-state index contributed by atoms with van der Waals surface area (Å²) in [5, 5.41) is 9.11. The number of amides is 3. The van der Waals surface area contributed by atoms with Gasteiger partial charge in [-0.05, 0) is 90.3 Å². The van der Waals surface area contributed by atoms with Crippen LogP contribution in [0.25, 0.3) is 6.08 Å². The Morgan fingerprint density at radius 1 is 0.980 bits per heavy atom. The van der Waals surface area contributed by atoms with Gasteiger partial charge in [0.25, 0.3) is 11.8 Å². The molecule has 1 aliphatic rings. The van der Waals surface area contributed by atoms with E-state index in [0.29, 0.717) is 27.7 Å². The van der Waals surface area contributed by atoms with Crippen molar-refractivity contribution in [3.63, 3.8) is 0 Å². The van der Waals surface area contributed by atoms with Crippen LogP contribution in [0.15, 0.2) is 93.9 Å². The van der Waals surface area contributed by atoms with E-state index >= 15 is 0 Å². The number of esters is 1. The van der Waals surface area contributed by atoms with Crippen molar-refractivity contribution in [3.8, 4) is 0 Å². The van der Waals surface area contributed by atoms with Crippen LogP contribution in [0.1, 0.15) is 63.9 Å². The summed E-state index contributed by atoms with van der Waals surface area (Å²) in [5.74, 6) is -1.02. The number of thioether (sulfide) groups is 1. The molecule has 5 rings (SSSR count). The van der Waals surface area contributed by atoms with E-state index < -0.39 is 17.8 Å². The molecule has 0 spiro atoms. The van der Waals surface area contributed by atoms with E-state index in [2.05, 4.69) is 52.7 Å². The van der Waals surface area contributed by atoms with Gasteiger partial charge in [0.05, 0.1) is 18.4 Å². The van der Waals surface area contributed by atoms with Crippen molar-refractivity contribution >= 4 is 79.5 Å². The fourth-order valence-corrected chi connectivity index (χ4v) is 7.92. The molecule has 0 saturated carbocycles. The Morgan fingerprint density at radius 2 is 1.71 bits per heavy atom. The summed E-state index contributed by atoms with van der Waals surface area (Å²) in [6, 6.07) is 23.2. The quantitative estimate of drug-likeness (QED) is 0.0849. The number of thiophene rings is 1. The average Bonchev–Trinajstić information content (AvgIpc) is 3.44. The van der Waals surface area contributed by atoms with Crippen molar-refractivity contribution in [2.24, 2.45) is 11.3 Å². The summed E-state index contributed by atoms with van der Waals surface area (Å²) in [7, 11) is 1.36. The molecule has 49 heavy (non-hydrogen) atoms. The molecule has 3 aromatic carbocycles. The number of carbonyl (C=O) groups excluding carboxylic acids is 4. The molecule has 1 heterocycles. The average molecular weight is 761 g/mol. The first kappa shape index (κ1) is 36.1. The number of benzene rings is 3. The first-order valence-corrected chi connectivity index (χ1v) is 18.4. The maximum absolute atomic E-state index is 13.5. The van der Waals surface area contributed by atoms with Crippen LogP contribution in [0.2, 0.25) is 0 Å². The Bertz CT molecular complexity index is 1880. The smallest absolute Gasteiger partial charge is 0.341 e. The minimum Gasteiger partial charge on any atom is -0.465 e. The second-order valence-electron chi connectivity index (χ2n) is 12.8. The van der Waals surface area contributed by atoms with Gasteiger partial charge >= 0.3 is 5.97 Å². The largest absolute Gasteiger partial charge is 0.465 e. The molecule has 254 valence electrons. The van der Waals surface area contributed by atoms with Crippen molar-refractivity contribution in [3.05, 3.63) is 116 Å². The zero-order chi connectivity index (χ0) is 35.1. The summed E-state index contributed by atoms with van der Waals surface area (Å²) in [6.45, 7) is 6.71. The minimum atomic E-state index is -0.502. The number of anilines is 2. The molecule has 1 atom stereocenters. The third kappa shape index (κ3) is 9.49. The number of carbonyl (C=O) groups is 4. The summed E-state index contributed by atoms with van der Waals surface area (Å²) < 4.78 is 5.99. The van der Waals surface area contributed by atoms with E-state index in [-0.39, 0.29) is 22.8 Å². The third-order valence-electron chi connectivity index (χ3n) is 8.30. The minimum absolute atomic E-state index is 0.0717. The first-order chi connectivity index (χ1) is 23.4.